The Morgan fingerprint density at radius 1 is 1.28 bits per heavy atom. The van der Waals surface area contributed by atoms with Gasteiger partial charge in [0.15, 0.2) is 0 Å². The van der Waals surface area contributed by atoms with E-state index in [1.165, 1.54) is 5.56 Å². The molecule has 4 heteroatoms. The Bertz CT molecular complexity index is 481. The van der Waals surface area contributed by atoms with Gasteiger partial charge in [0.1, 0.15) is 0 Å². The van der Waals surface area contributed by atoms with E-state index < -0.39 is 6.10 Å². The Hall–Kier alpha value is -1.68. The summed E-state index contributed by atoms with van der Waals surface area (Å²) in [4.78, 5) is 0. The number of aliphatic hydroxyl groups excluding tert-OH is 1. The molecule has 1 N–H and O–H groups in total. The molecule has 2 atom stereocenters. The lowest BCUT2D eigenvalue weighted by atomic mass is 9.94. The number of aromatic nitrogens is 3. The number of hydrogen-bond donors (Lipinski definition) is 1. The molecule has 96 valence electrons. The molecule has 18 heavy (non-hydrogen) atoms. The van der Waals surface area contributed by atoms with Crippen LogP contribution in [0.2, 0.25) is 0 Å². The van der Waals surface area contributed by atoms with Gasteiger partial charge in [0.25, 0.3) is 0 Å². The summed E-state index contributed by atoms with van der Waals surface area (Å²) >= 11 is 0. The molecule has 0 saturated heterocycles. The van der Waals surface area contributed by atoms with Gasteiger partial charge in [-0.25, -0.2) is 4.68 Å². The third kappa shape index (κ3) is 2.76. The van der Waals surface area contributed by atoms with E-state index in [1.807, 2.05) is 25.1 Å². The first kappa shape index (κ1) is 12.8. The van der Waals surface area contributed by atoms with Crippen molar-refractivity contribution in [3.05, 3.63) is 47.8 Å². The van der Waals surface area contributed by atoms with Crippen molar-refractivity contribution in [2.75, 3.05) is 0 Å². The highest BCUT2D eigenvalue weighted by atomic mass is 16.3. The molecule has 2 unspecified atom stereocenters. The molecule has 1 aromatic heterocycles. The zero-order chi connectivity index (χ0) is 13.0. The molecule has 0 aliphatic carbocycles. The highest BCUT2D eigenvalue weighted by Gasteiger charge is 2.17. The van der Waals surface area contributed by atoms with Crippen LogP contribution in [0.4, 0.5) is 0 Å². The van der Waals surface area contributed by atoms with Gasteiger partial charge in [-0.3, -0.25) is 0 Å². The maximum Gasteiger partial charge on any atom is 0.0978 e. The van der Waals surface area contributed by atoms with Crippen molar-refractivity contribution in [3.8, 4) is 0 Å². The predicted molar refractivity (Wildman–Crippen MR) is 70.1 cm³/mol. The van der Waals surface area contributed by atoms with Gasteiger partial charge in [-0.1, -0.05) is 42.5 Å². The molecule has 4 nitrogen and oxygen atoms in total. The molecule has 0 saturated carbocycles. The van der Waals surface area contributed by atoms with Crippen LogP contribution in [0.15, 0.2) is 36.5 Å². The number of hydrogen-bond acceptors (Lipinski definition) is 3. The van der Waals surface area contributed by atoms with E-state index in [0.29, 0.717) is 12.3 Å². The van der Waals surface area contributed by atoms with Gasteiger partial charge >= 0.3 is 0 Å². The second kappa shape index (κ2) is 5.78. The highest BCUT2D eigenvalue weighted by Crippen LogP contribution is 2.27. The first-order chi connectivity index (χ1) is 8.72. The molecule has 1 aromatic carbocycles. The maximum absolute atomic E-state index is 10.3. The fourth-order valence-corrected chi connectivity index (χ4v) is 2.14. The van der Waals surface area contributed by atoms with Crippen LogP contribution in [-0.4, -0.2) is 20.1 Å². The Labute approximate surface area is 107 Å². The summed E-state index contributed by atoms with van der Waals surface area (Å²) < 4.78 is 1.74. The van der Waals surface area contributed by atoms with E-state index in [9.17, 15) is 5.11 Å². The fraction of sp³-hybridized carbons (Fsp3) is 0.429. The summed E-state index contributed by atoms with van der Waals surface area (Å²) in [7, 11) is 0. The average molecular weight is 245 g/mol. The fourth-order valence-electron chi connectivity index (χ4n) is 2.14. The SMILES string of the molecule is CCn1nncc1C(O)CC(C)c1ccccc1. The minimum absolute atomic E-state index is 0.307. The summed E-state index contributed by atoms with van der Waals surface area (Å²) in [5.41, 5.74) is 2.03. The second-order valence-electron chi connectivity index (χ2n) is 4.54. The zero-order valence-corrected chi connectivity index (χ0v) is 10.8. The molecular formula is C14H19N3O. The van der Waals surface area contributed by atoms with E-state index in [-0.39, 0.29) is 0 Å². The molecule has 0 aliphatic heterocycles. The quantitative estimate of drug-likeness (QED) is 0.880. The number of benzene rings is 1. The first-order valence-corrected chi connectivity index (χ1v) is 6.33. The van der Waals surface area contributed by atoms with E-state index >= 15 is 0 Å². The van der Waals surface area contributed by atoms with Gasteiger partial charge in [0.2, 0.25) is 0 Å². The van der Waals surface area contributed by atoms with Gasteiger partial charge < -0.3 is 5.11 Å². The van der Waals surface area contributed by atoms with Crippen LogP contribution >= 0.6 is 0 Å². The number of aliphatic hydroxyl groups is 1. The molecular weight excluding hydrogens is 226 g/mol. The Kier molecular flexibility index (Phi) is 4.10. The van der Waals surface area contributed by atoms with E-state index in [2.05, 4.69) is 29.4 Å². The van der Waals surface area contributed by atoms with Crippen LogP contribution in [0, 0.1) is 0 Å². The number of rotatable bonds is 5. The van der Waals surface area contributed by atoms with Gasteiger partial charge in [0, 0.05) is 6.54 Å². The van der Waals surface area contributed by atoms with Crippen molar-refractivity contribution >= 4 is 0 Å². The Morgan fingerprint density at radius 2 is 2.00 bits per heavy atom. The standard InChI is InChI=1S/C14H19N3O/c1-3-17-13(10-15-16-17)14(18)9-11(2)12-7-5-4-6-8-12/h4-8,10-11,14,18H,3,9H2,1-2H3. The van der Waals surface area contributed by atoms with Gasteiger partial charge in [-0.05, 0) is 24.8 Å². The van der Waals surface area contributed by atoms with Gasteiger partial charge in [-0.15, -0.1) is 5.10 Å². The lowest BCUT2D eigenvalue weighted by molar-refractivity contribution is 0.149. The zero-order valence-electron chi connectivity index (χ0n) is 10.8. The van der Waals surface area contributed by atoms with Crippen molar-refractivity contribution < 1.29 is 5.11 Å². The van der Waals surface area contributed by atoms with E-state index in [1.54, 1.807) is 10.9 Å². The van der Waals surface area contributed by atoms with Crippen LogP contribution < -0.4 is 0 Å². The molecule has 0 fully saturated rings. The first-order valence-electron chi connectivity index (χ1n) is 6.33. The molecule has 0 radical (unpaired) electrons. The number of nitrogens with zero attached hydrogens (tertiary/aromatic N) is 3. The molecule has 2 aromatic rings. The smallest absolute Gasteiger partial charge is 0.0978 e. The van der Waals surface area contributed by atoms with Crippen LogP contribution in [0.3, 0.4) is 0 Å². The Morgan fingerprint density at radius 3 is 2.67 bits per heavy atom. The summed E-state index contributed by atoms with van der Waals surface area (Å²) in [6.07, 6.45) is 1.80. The molecule has 0 spiro atoms. The Balaban J connectivity index is 2.06. The van der Waals surface area contributed by atoms with Crippen molar-refractivity contribution in [1.82, 2.24) is 15.0 Å². The monoisotopic (exact) mass is 245 g/mol. The lowest BCUT2D eigenvalue weighted by Gasteiger charge is -2.17. The lowest BCUT2D eigenvalue weighted by Crippen LogP contribution is -2.10. The summed E-state index contributed by atoms with van der Waals surface area (Å²) in [6.45, 7) is 4.84. The summed E-state index contributed by atoms with van der Waals surface area (Å²) in [5, 5.41) is 18.0. The maximum atomic E-state index is 10.3. The molecule has 0 aliphatic rings. The summed E-state index contributed by atoms with van der Waals surface area (Å²) in [6, 6.07) is 10.2. The van der Waals surface area contributed by atoms with Crippen molar-refractivity contribution in [1.29, 1.82) is 0 Å². The van der Waals surface area contributed by atoms with Crippen LogP contribution in [0.5, 0.6) is 0 Å². The van der Waals surface area contributed by atoms with Crippen molar-refractivity contribution in [3.63, 3.8) is 0 Å². The topological polar surface area (TPSA) is 50.9 Å². The molecule has 0 amide bonds. The van der Waals surface area contributed by atoms with Gasteiger partial charge in [-0.2, -0.15) is 0 Å². The van der Waals surface area contributed by atoms with Crippen LogP contribution in [-0.2, 0) is 6.54 Å². The normalized spacial score (nSPS) is 14.4. The predicted octanol–water partition coefficient (Wildman–Crippen LogP) is 2.53. The number of aryl methyl sites for hydroxylation is 1. The molecule has 1 heterocycles. The van der Waals surface area contributed by atoms with Gasteiger partial charge in [0.05, 0.1) is 18.0 Å². The van der Waals surface area contributed by atoms with Crippen molar-refractivity contribution in [2.45, 2.75) is 38.8 Å². The minimum Gasteiger partial charge on any atom is -0.387 e. The third-order valence-corrected chi connectivity index (χ3v) is 3.23. The largest absolute Gasteiger partial charge is 0.387 e. The minimum atomic E-state index is -0.518. The van der Waals surface area contributed by atoms with Crippen LogP contribution in [0.1, 0.15) is 43.5 Å². The summed E-state index contributed by atoms with van der Waals surface area (Å²) in [5.74, 6) is 0.307. The van der Waals surface area contributed by atoms with Crippen LogP contribution in [0.25, 0.3) is 0 Å². The molecule has 2 rings (SSSR count). The van der Waals surface area contributed by atoms with E-state index in [4.69, 9.17) is 0 Å². The molecule has 0 bridgehead atoms. The average Bonchev–Trinajstić information content (AvgIpc) is 2.88. The van der Waals surface area contributed by atoms with Crippen molar-refractivity contribution in [2.24, 2.45) is 0 Å². The highest BCUT2D eigenvalue weighted by molar-refractivity contribution is 5.19. The second-order valence-corrected chi connectivity index (χ2v) is 4.54. The third-order valence-electron chi connectivity index (χ3n) is 3.23. The van der Waals surface area contributed by atoms with E-state index in [0.717, 1.165) is 12.2 Å².